The SMILES string of the molecule is Cc1ccc(CNC(=O)C2CCN(c3ccnc4ccsc34)CC2)cc1F. The largest absolute Gasteiger partial charge is 0.370 e. The van der Waals surface area contributed by atoms with Gasteiger partial charge < -0.3 is 10.2 Å². The highest BCUT2D eigenvalue weighted by Gasteiger charge is 2.26. The second kappa shape index (κ2) is 7.64. The van der Waals surface area contributed by atoms with Crippen LogP contribution in [0.5, 0.6) is 0 Å². The van der Waals surface area contributed by atoms with E-state index in [1.807, 2.05) is 18.3 Å². The van der Waals surface area contributed by atoms with Crippen LogP contribution in [0.15, 0.2) is 41.9 Å². The topological polar surface area (TPSA) is 45.2 Å². The minimum absolute atomic E-state index is 0.0113. The first kappa shape index (κ1) is 17.9. The molecule has 4 nitrogen and oxygen atoms in total. The molecule has 4 rings (SSSR count). The normalized spacial score (nSPS) is 15.3. The fourth-order valence-corrected chi connectivity index (χ4v) is 4.46. The zero-order valence-corrected chi connectivity index (χ0v) is 16.1. The van der Waals surface area contributed by atoms with Crippen LogP contribution in [0, 0.1) is 18.7 Å². The van der Waals surface area contributed by atoms with E-state index in [9.17, 15) is 9.18 Å². The molecular weight excluding hydrogens is 361 g/mol. The van der Waals surface area contributed by atoms with Gasteiger partial charge in [0.15, 0.2) is 0 Å². The van der Waals surface area contributed by atoms with Gasteiger partial charge in [0.1, 0.15) is 5.82 Å². The summed E-state index contributed by atoms with van der Waals surface area (Å²) in [5.41, 5.74) is 3.65. The molecule has 0 atom stereocenters. The summed E-state index contributed by atoms with van der Waals surface area (Å²) in [5, 5.41) is 5.03. The molecule has 1 amide bonds. The van der Waals surface area contributed by atoms with Crippen molar-refractivity contribution in [3.8, 4) is 0 Å². The van der Waals surface area contributed by atoms with Crippen LogP contribution < -0.4 is 10.2 Å². The number of benzene rings is 1. The van der Waals surface area contributed by atoms with Crippen LogP contribution in [0.25, 0.3) is 10.2 Å². The average Bonchev–Trinajstić information content (AvgIpc) is 3.18. The number of nitrogens with one attached hydrogen (secondary N) is 1. The maximum absolute atomic E-state index is 13.6. The number of rotatable bonds is 4. The molecule has 3 heterocycles. The van der Waals surface area contributed by atoms with Gasteiger partial charge in [0.2, 0.25) is 5.91 Å². The molecule has 1 fully saturated rings. The fourth-order valence-electron chi connectivity index (χ4n) is 3.57. The van der Waals surface area contributed by atoms with Crippen LogP contribution in [0.1, 0.15) is 24.0 Å². The van der Waals surface area contributed by atoms with Crippen molar-refractivity contribution in [2.45, 2.75) is 26.3 Å². The number of thiophene rings is 1. The molecule has 1 aliphatic rings. The van der Waals surface area contributed by atoms with Gasteiger partial charge in [-0.3, -0.25) is 9.78 Å². The van der Waals surface area contributed by atoms with E-state index in [1.54, 1.807) is 24.3 Å². The number of fused-ring (bicyclic) bond motifs is 1. The highest BCUT2D eigenvalue weighted by atomic mass is 32.1. The number of amides is 1. The van der Waals surface area contributed by atoms with Crippen molar-refractivity contribution in [3.05, 3.63) is 58.9 Å². The Morgan fingerprint density at radius 2 is 2.11 bits per heavy atom. The van der Waals surface area contributed by atoms with Gasteiger partial charge in [-0.15, -0.1) is 11.3 Å². The Morgan fingerprint density at radius 1 is 1.30 bits per heavy atom. The Bertz CT molecular complexity index is 963. The summed E-state index contributed by atoms with van der Waals surface area (Å²) < 4.78 is 14.8. The monoisotopic (exact) mass is 383 g/mol. The maximum Gasteiger partial charge on any atom is 0.223 e. The van der Waals surface area contributed by atoms with Crippen LogP contribution in [-0.2, 0) is 11.3 Å². The van der Waals surface area contributed by atoms with Gasteiger partial charge in [0.05, 0.1) is 15.9 Å². The van der Waals surface area contributed by atoms with Crippen LogP contribution in [-0.4, -0.2) is 24.0 Å². The van der Waals surface area contributed by atoms with Crippen LogP contribution in [0.2, 0.25) is 0 Å². The van der Waals surface area contributed by atoms with E-state index in [2.05, 4.69) is 26.6 Å². The van der Waals surface area contributed by atoms with E-state index in [0.29, 0.717) is 12.1 Å². The number of halogens is 1. The molecule has 0 bridgehead atoms. The van der Waals surface area contributed by atoms with Gasteiger partial charge in [-0.1, -0.05) is 12.1 Å². The molecule has 0 spiro atoms. The lowest BCUT2D eigenvalue weighted by molar-refractivity contribution is -0.125. The molecule has 2 aromatic heterocycles. The first-order valence-electron chi connectivity index (χ1n) is 9.22. The lowest BCUT2D eigenvalue weighted by Crippen LogP contribution is -2.40. The molecule has 6 heteroatoms. The van der Waals surface area contributed by atoms with Crippen molar-refractivity contribution in [2.75, 3.05) is 18.0 Å². The maximum atomic E-state index is 13.6. The van der Waals surface area contributed by atoms with Gasteiger partial charge in [0, 0.05) is 31.7 Å². The zero-order valence-electron chi connectivity index (χ0n) is 15.2. The number of anilines is 1. The highest BCUT2D eigenvalue weighted by molar-refractivity contribution is 7.17. The molecule has 1 saturated heterocycles. The van der Waals surface area contributed by atoms with Gasteiger partial charge in [0.25, 0.3) is 0 Å². The van der Waals surface area contributed by atoms with E-state index >= 15 is 0 Å². The standard InChI is InChI=1S/C21H22FN3OS/c1-14-2-3-15(12-17(14)22)13-24-21(26)16-5-9-25(10-6-16)19-4-8-23-18-7-11-27-20(18)19/h2-4,7-8,11-12,16H,5-6,9-10,13H2,1H3,(H,24,26). The molecule has 1 aliphatic heterocycles. The summed E-state index contributed by atoms with van der Waals surface area (Å²) in [6.45, 7) is 3.82. The third-order valence-corrected chi connectivity index (χ3v) is 6.16. The quantitative estimate of drug-likeness (QED) is 0.732. The lowest BCUT2D eigenvalue weighted by Gasteiger charge is -2.33. The number of pyridine rings is 1. The Morgan fingerprint density at radius 3 is 2.89 bits per heavy atom. The van der Waals surface area contributed by atoms with Crippen molar-refractivity contribution >= 4 is 33.1 Å². The highest BCUT2D eigenvalue weighted by Crippen LogP contribution is 2.32. The summed E-state index contributed by atoms with van der Waals surface area (Å²) in [7, 11) is 0. The third kappa shape index (κ3) is 3.81. The Balaban J connectivity index is 1.34. The van der Waals surface area contributed by atoms with Gasteiger partial charge >= 0.3 is 0 Å². The van der Waals surface area contributed by atoms with Crippen molar-refractivity contribution in [3.63, 3.8) is 0 Å². The lowest BCUT2D eigenvalue weighted by atomic mass is 9.95. The zero-order chi connectivity index (χ0) is 18.8. The van der Waals surface area contributed by atoms with Crippen molar-refractivity contribution < 1.29 is 9.18 Å². The first-order chi connectivity index (χ1) is 13.1. The van der Waals surface area contributed by atoms with E-state index in [1.165, 1.54) is 16.5 Å². The van der Waals surface area contributed by atoms with Crippen molar-refractivity contribution in [2.24, 2.45) is 5.92 Å². The van der Waals surface area contributed by atoms with E-state index < -0.39 is 0 Å². The summed E-state index contributed by atoms with van der Waals surface area (Å²) in [6.07, 6.45) is 3.50. The third-order valence-electron chi connectivity index (χ3n) is 5.23. The minimum atomic E-state index is -0.229. The van der Waals surface area contributed by atoms with Gasteiger partial charge in [-0.2, -0.15) is 0 Å². The molecule has 1 N–H and O–H groups in total. The van der Waals surface area contributed by atoms with Crippen LogP contribution in [0.3, 0.4) is 0 Å². The number of piperidine rings is 1. The Kier molecular flexibility index (Phi) is 5.07. The molecule has 0 radical (unpaired) electrons. The van der Waals surface area contributed by atoms with E-state index in [0.717, 1.165) is 37.0 Å². The van der Waals surface area contributed by atoms with Gasteiger partial charge in [-0.25, -0.2) is 4.39 Å². The summed E-state index contributed by atoms with van der Waals surface area (Å²) in [5.74, 6) is -0.156. The van der Waals surface area contributed by atoms with Crippen LogP contribution in [0.4, 0.5) is 10.1 Å². The van der Waals surface area contributed by atoms with E-state index in [-0.39, 0.29) is 17.6 Å². The molecule has 0 aliphatic carbocycles. The number of aryl methyl sites for hydroxylation is 1. The van der Waals surface area contributed by atoms with Crippen molar-refractivity contribution in [1.82, 2.24) is 10.3 Å². The Labute approximate surface area is 162 Å². The second-order valence-corrected chi connectivity index (χ2v) is 7.94. The number of hydrogen-bond donors (Lipinski definition) is 1. The van der Waals surface area contributed by atoms with Crippen molar-refractivity contribution in [1.29, 1.82) is 0 Å². The predicted octanol–water partition coefficient (Wildman–Crippen LogP) is 4.28. The fraction of sp³-hybridized carbons (Fsp3) is 0.333. The van der Waals surface area contributed by atoms with Crippen LogP contribution >= 0.6 is 11.3 Å². The molecular formula is C21H22FN3OS. The van der Waals surface area contributed by atoms with E-state index in [4.69, 9.17) is 0 Å². The number of nitrogens with zero attached hydrogens (tertiary/aromatic N) is 2. The predicted molar refractivity (Wildman–Crippen MR) is 108 cm³/mol. The molecule has 3 aromatic rings. The Hall–Kier alpha value is -2.47. The number of carbonyl (C=O) groups excluding carboxylic acids is 1. The summed E-state index contributed by atoms with van der Waals surface area (Å²) >= 11 is 1.71. The first-order valence-corrected chi connectivity index (χ1v) is 10.1. The summed E-state index contributed by atoms with van der Waals surface area (Å²) in [6, 6.07) is 9.20. The number of aromatic nitrogens is 1. The molecule has 140 valence electrons. The molecule has 0 unspecified atom stereocenters. The molecule has 27 heavy (non-hydrogen) atoms. The molecule has 0 saturated carbocycles. The van der Waals surface area contributed by atoms with Gasteiger partial charge in [-0.05, 0) is 54.5 Å². The molecule has 1 aromatic carbocycles. The smallest absolute Gasteiger partial charge is 0.223 e. The second-order valence-electron chi connectivity index (χ2n) is 7.03. The minimum Gasteiger partial charge on any atom is -0.370 e. The summed E-state index contributed by atoms with van der Waals surface area (Å²) in [4.78, 5) is 19.3. The average molecular weight is 383 g/mol. The number of hydrogen-bond acceptors (Lipinski definition) is 4. The number of carbonyl (C=O) groups is 1.